The zero-order valence-corrected chi connectivity index (χ0v) is 11.7. The van der Waals surface area contributed by atoms with Crippen LogP contribution in [0.3, 0.4) is 0 Å². The Kier molecular flexibility index (Phi) is 5.85. The average Bonchev–Trinajstić information content (AvgIpc) is 2.27. The Hall–Kier alpha value is -0.170. The van der Waals surface area contributed by atoms with Crippen LogP contribution in [0.1, 0.15) is 39.5 Å². The van der Waals surface area contributed by atoms with Crippen molar-refractivity contribution in [2.45, 2.75) is 45.6 Å². The predicted octanol–water partition coefficient (Wildman–Crippen LogP) is 0.680. The van der Waals surface area contributed by atoms with Crippen molar-refractivity contribution in [2.24, 2.45) is 11.7 Å². The third-order valence-corrected chi connectivity index (χ3v) is 5.02. The summed E-state index contributed by atoms with van der Waals surface area (Å²) in [6.45, 7) is 5.70. The minimum Gasteiger partial charge on any atom is -0.330 e. The first-order valence-electron chi connectivity index (χ1n) is 6.44. The van der Waals surface area contributed by atoms with Crippen molar-refractivity contribution < 1.29 is 8.42 Å². The molecule has 17 heavy (non-hydrogen) atoms. The third-order valence-electron chi connectivity index (χ3n) is 3.32. The summed E-state index contributed by atoms with van der Waals surface area (Å²) in [6.07, 6.45) is 3.89. The highest BCUT2D eigenvalue weighted by Gasteiger charge is 2.29. The van der Waals surface area contributed by atoms with Gasteiger partial charge in [-0.25, -0.2) is 4.72 Å². The molecule has 102 valence electrons. The highest BCUT2D eigenvalue weighted by atomic mass is 32.2. The topological polar surface area (TPSA) is 75.4 Å². The molecule has 0 aromatic carbocycles. The van der Waals surface area contributed by atoms with Gasteiger partial charge in [-0.3, -0.25) is 0 Å². The van der Waals surface area contributed by atoms with E-state index in [4.69, 9.17) is 5.73 Å². The molecule has 0 amide bonds. The van der Waals surface area contributed by atoms with Gasteiger partial charge in [0.25, 0.3) is 10.2 Å². The van der Waals surface area contributed by atoms with Crippen molar-refractivity contribution in [3.05, 3.63) is 0 Å². The van der Waals surface area contributed by atoms with Crippen LogP contribution in [0.25, 0.3) is 0 Å². The van der Waals surface area contributed by atoms with Gasteiger partial charge in [-0.15, -0.1) is 0 Å². The molecule has 3 N–H and O–H groups in total. The maximum Gasteiger partial charge on any atom is 0.279 e. The van der Waals surface area contributed by atoms with Gasteiger partial charge in [-0.1, -0.05) is 13.3 Å². The van der Waals surface area contributed by atoms with Crippen LogP contribution in [0.4, 0.5) is 0 Å². The van der Waals surface area contributed by atoms with E-state index >= 15 is 0 Å². The minimum atomic E-state index is -3.30. The standard InChI is InChI=1S/C11H25N3O2S/c1-10(6-7-12)9-13-17(15,16)14-8-4-3-5-11(14)2/h10-11,13H,3-9,12H2,1-2H3. The van der Waals surface area contributed by atoms with Crippen LogP contribution in [-0.2, 0) is 10.2 Å². The molecule has 0 aliphatic carbocycles. The lowest BCUT2D eigenvalue weighted by atomic mass is 10.1. The van der Waals surface area contributed by atoms with Gasteiger partial charge in [0.05, 0.1) is 0 Å². The second-order valence-corrected chi connectivity index (χ2v) is 6.70. The minimum absolute atomic E-state index is 0.117. The van der Waals surface area contributed by atoms with Gasteiger partial charge in [0.1, 0.15) is 0 Å². The summed E-state index contributed by atoms with van der Waals surface area (Å²) >= 11 is 0. The number of nitrogens with one attached hydrogen (secondary N) is 1. The lowest BCUT2D eigenvalue weighted by Gasteiger charge is -2.32. The fraction of sp³-hybridized carbons (Fsp3) is 1.00. The van der Waals surface area contributed by atoms with Crippen molar-refractivity contribution in [3.63, 3.8) is 0 Å². The first-order chi connectivity index (χ1) is 7.97. The zero-order valence-electron chi connectivity index (χ0n) is 10.9. The predicted molar refractivity (Wildman–Crippen MR) is 69.8 cm³/mol. The maximum absolute atomic E-state index is 12.1. The fourth-order valence-corrected chi connectivity index (χ4v) is 3.76. The van der Waals surface area contributed by atoms with Crippen LogP contribution >= 0.6 is 0 Å². The Morgan fingerprint density at radius 3 is 2.76 bits per heavy atom. The Bertz CT molecular complexity index is 319. The van der Waals surface area contributed by atoms with E-state index < -0.39 is 10.2 Å². The second kappa shape index (κ2) is 6.68. The molecule has 0 aromatic rings. The molecule has 0 saturated carbocycles. The highest BCUT2D eigenvalue weighted by molar-refractivity contribution is 7.87. The molecule has 2 unspecified atom stereocenters. The van der Waals surface area contributed by atoms with Crippen molar-refractivity contribution in [2.75, 3.05) is 19.6 Å². The molecule has 0 spiro atoms. The normalized spacial score (nSPS) is 24.8. The molecule has 1 saturated heterocycles. The van der Waals surface area contributed by atoms with E-state index in [1.807, 2.05) is 13.8 Å². The van der Waals surface area contributed by atoms with Gasteiger partial charge < -0.3 is 5.73 Å². The molecule has 1 fully saturated rings. The maximum atomic E-state index is 12.1. The van der Waals surface area contributed by atoms with E-state index in [0.717, 1.165) is 25.7 Å². The number of nitrogens with zero attached hydrogens (tertiary/aromatic N) is 1. The van der Waals surface area contributed by atoms with E-state index in [2.05, 4.69) is 4.72 Å². The van der Waals surface area contributed by atoms with E-state index in [1.165, 1.54) is 0 Å². The summed E-state index contributed by atoms with van der Waals surface area (Å²) in [5.41, 5.74) is 5.45. The van der Waals surface area contributed by atoms with E-state index in [-0.39, 0.29) is 12.0 Å². The van der Waals surface area contributed by atoms with Crippen LogP contribution in [0.15, 0.2) is 0 Å². The van der Waals surface area contributed by atoms with Crippen LogP contribution in [-0.4, -0.2) is 38.4 Å². The Balaban J connectivity index is 2.49. The lowest BCUT2D eigenvalue weighted by Crippen LogP contribution is -2.48. The largest absolute Gasteiger partial charge is 0.330 e. The molecular weight excluding hydrogens is 238 g/mol. The van der Waals surface area contributed by atoms with E-state index in [9.17, 15) is 8.42 Å². The summed E-state index contributed by atoms with van der Waals surface area (Å²) in [4.78, 5) is 0. The van der Waals surface area contributed by atoms with E-state index in [0.29, 0.717) is 19.6 Å². The Morgan fingerprint density at radius 2 is 2.18 bits per heavy atom. The van der Waals surface area contributed by atoms with Gasteiger partial charge in [-0.2, -0.15) is 12.7 Å². The quantitative estimate of drug-likeness (QED) is 0.740. The van der Waals surface area contributed by atoms with Crippen molar-refractivity contribution in [3.8, 4) is 0 Å². The summed E-state index contributed by atoms with van der Waals surface area (Å²) in [5, 5.41) is 0. The molecule has 6 heteroatoms. The Labute approximate surface area is 105 Å². The number of hydrogen-bond acceptors (Lipinski definition) is 3. The molecule has 0 bridgehead atoms. The molecule has 2 atom stereocenters. The first kappa shape index (κ1) is 14.9. The average molecular weight is 263 g/mol. The molecule has 0 radical (unpaired) electrons. The fourth-order valence-electron chi connectivity index (χ4n) is 2.15. The number of piperidine rings is 1. The molecule has 1 rings (SSSR count). The van der Waals surface area contributed by atoms with Crippen molar-refractivity contribution in [1.29, 1.82) is 0 Å². The summed E-state index contributed by atoms with van der Waals surface area (Å²) in [7, 11) is -3.30. The molecule has 1 aliphatic rings. The molecule has 1 aliphatic heterocycles. The number of rotatable bonds is 6. The summed E-state index contributed by atoms with van der Waals surface area (Å²) in [5.74, 6) is 0.287. The molecular formula is C11H25N3O2S. The van der Waals surface area contributed by atoms with Gasteiger partial charge in [-0.05, 0) is 38.6 Å². The van der Waals surface area contributed by atoms with Gasteiger partial charge in [0.2, 0.25) is 0 Å². The van der Waals surface area contributed by atoms with Crippen LogP contribution in [0.2, 0.25) is 0 Å². The monoisotopic (exact) mass is 263 g/mol. The zero-order chi connectivity index (χ0) is 12.9. The van der Waals surface area contributed by atoms with Gasteiger partial charge in [0.15, 0.2) is 0 Å². The second-order valence-electron chi connectivity index (χ2n) is 4.99. The highest BCUT2D eigenvalue weighted by Crippen LogP contribution is 2.19. The molecule has 1 heterocycles. The van der Waals surface area contributed by atoms with Gasteiger partial charge in [0, 0.05) is 19.1 Å². The SMILES string of the molecule is CC(CCN)CNS(=O)(=O)N1CCCCC1C. The van der Waals surface area contributed by atoms with Crippen molar-refractivity contribution >= 4 is 10.2 Å². The first-order valence-corrected chi connectivity index (χ1v) is 7.88. The van der Waals surface area contributed by atoms with Crippen molar-refractivity contribution in [1.82, 2.24) is 9.03 Å². The lowest BCUT2D eigenvalue weighted by molar-refractivity contribution is 0.264. The van der Waals surface area contributed by atoms with E-state index in [1.54, 1.807) is 4.31 Å². The summed E-state index contributed by atoms with van der Waals surface area (Å²) in [6, 6.07) is 0.117. The Morgan fingerprint density at radius 1 is 1.47 bits per heavy atom. The van der Waals surface area contributed by atoms with Crippen LogP contribution in [0, 0.1) is 5.92 Å². The number of hydrogen-bond donors (Lipinski definition) is 2. The van der Waals surface area contributed by atoms with Gasteiger partial charge >= 0.3 is 0 Å². The smallest absolute Gasteiger partial charge is 0.279 e. The van der Waals surface area contributed by atoms with Crippen LogP contribution in [0.5, 0.6) is 0 Å². The molecule has 5 nitrogen and oxygen atoms in total. The third kappa shape index (κ3) is 4.54. The van der Waals surface area contributed by atoms with Crippen LogP contribution < -0.4 is 10.5 Å². The summed E-state index contributed by atoms with van der Waals surface area (Å²) < 4.78 is 28.5. The number of nitrogens with two attached hydrogens (primary N) is 1. The molecule has 0 aromatic heterocycles.